The van der Waals surface area contributed by atoms with Gasteiger partial charge in [0, 0.05) is 16.7 Å². The molecule has 17 heavy (non-hydrogen) atoms. The number of ether oxygens (including phenoxy) is 1. The average Bonchev–Trinajstić information content (AvgIpc) is 2.77. The van der Waals surface area contributed by atoms with Crippen LogP contribution >= 0.6 is 11.3 Å². The van der Waals surface area contributed by atoms with Crippen molar-refractivity contribution in [3.8, 4) is 17.0 Å². The highest BCUT2D eigenvalue weighted by atomic mass is 32.1. The van der Waals surface area contributed by atoms with E-state index in [1.165, 1.54) is 0 Å². The van der Waals surface area contributed by atoms with Crippen LogP contribution in [0.15, 0.2) is 34.6 Å². The summed E-state index contributed by atoms with van der Waals surface area (Å²) in [5, 5.41) is 2.82. The molecule has 0 aliphatic carbocycles. The van der Waals surface area contributed by atoms with Gasteiger partial charge in [-0.05, 0) is 38.1 Å². The summed E-state index contributed by atoms with van der Waals surface area (Å²) in [6.07, 6.45) is 0. The quantitative estimate of drug-likeness (QED) is 0.769. The van der Waals surface area contributed by atoms with Gasteiger partial charge in [-0.1, -0.05) is 0 Å². The van der Waals surface area contributed by atoms with E-state index in [1.54, 1.807) is 18.4 Å². The predicted octanol–water partition coefficient (Wildman–Crippen LogP) is 3.93. The highest BCUT2D eigenvalue weighted by Crippen LogP contribution is 2.27. The van der Waals surface area contributed by atoms with E-state index in [-0.39, 0.29) is 0 Å². The average molecular weight is 246 g/mol. The summed E-state index contributed by atoms with van der Waals surface area (Å²) in [7, 11) is 1.66. The van der Waals surface area contributed by atoms with Crippen molar-refractivity contribution in [1.29, 1.82) is 0 Å². The first-order valence-corrected chi connectivity index (χ1v) is 6.19. The normalized spacial score (nSPS) is 10.1. The third-order valence-corrected chi connectivity index (χ3v) is 2.93. The molecule has 2 aromatic rings. The molecule has 0 saturated heterocycles. The first-order valence-electron chi connectivity index (χ1n) is 5.31. The van der Waals surface area contributed by atoms with Gasteiger partial charge in [0.25, 0.3) is 0 Å². The molecule has 0 atom stereocenters. The van der Waals surface area contributed by atoms with Gasteiger partial charge in [0.05, 0.1) is 12.8 Å². The van der Waals surface area contributed by atoms with E-state index in [4.69, 9.17) is 4.74 Å². The molecule has 1 aromatic carbocycles. The standard InChI is InChI=1S/C13H14N2OS/c1-9(2)14-13-15-12(8-17-13)10-4-6-11(16-3)7-5-10/h4-8H,1-3H3. The fraction of sp³-hybridized carbons (Fsp3) is 0.231. The van der Waals surface area contributed by atoms with Crippen LogP contribution in [0.5, 0.6) is 5.75 Å². The highest BCUT2D eigenvalue weighted by Gasteiger charge is 2.03. The second-order valence-electron chi connectivity index (χ2n) is 3.80. The summed E-state index contributed by atoms with van der Waals surface area (Å²) in [5.41, 5.74) is 3.05. The molecule has 2 rings (SSSR count). The Bertz CT molecular complexity index is 525. The van der Waals surface area contributed by atoms with Crippen LogP contribution in [-0.4, -0.2) is 17.8 Å². The van der Waals surface area contributed by atoms with Crippen molar-refractivity contribution >= 4 is 22.2 Å². The molecule has 0 aliphatic heterocycles. The van der Waals surface area contributed by atoms with Crippen molar-refractivity contribution in [3.63, 3.8) is 0 Å². The SMILES string of the molecule is COc1ccc(-c2csc(N=C(C)C)n2)cc1. The van der Waals surface area contributed by atoms with Crippen molar-refractivity contribution in [3.05, 3.63) is 29.6 Å². The number of aliphatic imine (C=N–C) groups is 1. The monoisotopic (exact) mass is 246 g/mol. The zero-order valence-corrected chi connectivity index (χ0v) is 10.9. The van der Waals surface area contributed by atoms with Crippen molar-refractivity contribution < 1.29 is 4.74 Å². The molecule has 0 N–H and O–H groups in total. The Morgan fingerprint density at radius 3 is 2.53 bits per heavy atom. The molecule has 0 saturated carbocycles. The maximum Gasteiger partial charge on any atom is 0.209 e. The number of hydrogen-bond acceptors (Lipinski definition) is 4. The minimum atomic E-state index is 0.802. The van der Waals surface area contributed by atoms with Crippen molar-refractivity contribution in [2.75, 3.05) is 7.11 Å². The lowest BCUT2D eigenvalue weighted by molar-refractivity contribution is 0.415. The van der Waals surface area contributed by atoms with Crippen LogP contribution in [0.1, 0.15) is 13.8 Å². The maximum atomic E-state index is 5.12. The first kappa shape index (κ1) is 11.8. The van der Waals surface area contributed by atoms with Gasteiger partial charge in [0.2, 0.25) is 5.13 Å². The van der Waals surface area contributed by atoms with Crippen LogP contribution in [0, 0.1) is 0 Å². The van der Waals surface area contributed by atoms with Crippen LogP contribution in [0.25, 0.3) is 11.3 Å². The highest BCUT2D eigenvalue weighted by molar-refractivity contribution is 7.13. The van der Waals surface area contributed by atoms with Crippen LogP contribution < -0.4 is 4.74 Å². The van der Waals surface area contributed by atoms with Crippen LogP contribution in [-0.2, 0) is 0 Å². The molecule has 1 heterocycles. The van der Waals surface area contributed by atoms with Gasteiger partial charge in [-0.15, -0.1) is 11.3 Å². The van der Waals surface area contributed by atoms with Crippen molar-refractivity contribution in [1.82, 2.24) is 4.98 Å². The molecular weight excluding hydrogens is 232 g/mol. The number of hydrogen-bond donors (Lipinski definition) is 0. The fourth-order valence-electron chi connectivity index (χ4n) is 1.40. The van der Waals surface area contributed by atoms with E-state index in [9.17, 15) is 0 Å². The zero-order valence-electron chi connectivity index (χ0n) is 10.1. The Balaban J connectivity index is 2.27. The van der Waals surface area contributed by atoms with E-state index < -0.39 is 0 Å². The van der Waals surface area contributed by atoms with Gasteiger partial charge in [-0.3, -0.25) is 0 Å². The van der Waals surface area contributed by atoms with Crippen LogP contribution in [0.2, 0.25) is 0 Å². The topological polar surface area (TPSA) is 34.5 Å². The van der Waals surface area contributed by atoms with E-state index in [2.05, 4.69) is 9.98 Å². The summed E-state index contributed by atoms with van der Waals surface area (Å²) in [5.74, 6) is 0.853. The number of methoxy groups -OCH3 is 1. The van der Waals surface area contributed by atoms with E-state index in [1.807, 2.05) is 43.5 Å². The molecule has 4 heteroatoms. The second kappa shape index (κ2) is 5.10. The zero-order chi connectivity index (χ0) is 12.3. The lowest BCUT2D eigenvalue weighted by atomic mass is 10.2. The van der Waals surface area contributed by atoms with Crippen molar-refractivity contribution in [2.24, 2.45) is 4.99 Å². The van der Waals surface area contributed by atoms with Crippen LogP contribution in [0.3, 0.4) is 0 Å². The van der Waals surface area contributed by atoms with E-state index in [0.29, 0.717) is 0 Å². The Morgan fingerprint density at radius 2 is 1.94 bits per heavy atom. The Morgan fingerprint density at radius 1 is 1.24 bits per heavy atom. The molecule has 0 spiro atoms. The third kappa shape index (κ3) is 2.91. The van der Waals surface area contributed by atoms with Gasteiger partial charge >= 0.3 is 0 Å². The lowest BCUT2D eigenvalue weighted by Gasteiger charge is -2.00. The van der Waals surface area contributed by atoms with Gasteiger partial charge < -0.3 is 4.74 Å². The van der Waals surface area contributed by atoms with E-state index in [0.717, 1.165) is 27.9 Å². The summed E-state index contributed by atoms with van der Waals surface area (Å²) >= 11 is 1.55. The summed E-state index contributed by atoms with van der Waals surface area (Å²) in [6, 6.07) is 7.87. The predicted molar refractivity (Wildman–Crippen MR) is 72.5 cm³/mol. The van der Waals surface area contributed by atoms with E-state index >= 15 is 0 Å². The second-order valence-corrected chi connectivity index (χ2v) is 4.64. The molecule has 0 unspecified atom stereocenters. The summed E-state index contributed by atoms with van der Waals surface area (Å²) < 4.78 is 5.12. The molecule has 3 nitrogen and oxygen atoms in total. The van der Waals surface area contributed by atoms with Gasteiger partial charge in [-0.25, -0.2) is 9.98 Å². The Hall–Kier alpha value is -1.68. The molecular formula is C13H14N2OS. The number of nitrogens with zero attached hydrogens (tertiary/aromatic N) is 2. The first-order chi connectivity index (χ1) is 8.19. The van der Waals surface area contributed by atoms with Gasteiger partial charge in [0.15, 0.2) is 0 Å². The number of thiazole rings is 1. The van der Waals surface area contributed by atoms with Crippen LogP contribution in [0.4, 0.5) is 5.13 Å². The summed E-state index contributed by atoms with van der Waals surface area (Å²) in [6.45, 7) is 3.93. The molecule has 1 aromatic heterocycles. The smallest absolute Gasteiger partial charge is 0.209 e. The minimum absolute atomic E-state index is 0.802. The lowest BCUT2D eigenvalue weighted by Crippen LogP contribution is -1.82. The van der Waals surface area contributed by atoms with Gasteiger partial charge in [-0.2, -0.15) is 0 Å². The Kier molecular flexibility index (Phi) is 3.54. The minimum Gasteiger partial charge on any atom is -0.497 e. The molecule has 0 radical (unpaired) electrons. The fourth-order valence-corrected chi connectivity index (χ4v) is 2.19. The molecule has 88 valence electrons. The molecule has 0 amide bonds. The van der Waals surface area contributed by atoms with Gasteiger partial charge in [0.1, 0.15) is 5.75 Å². The third-order valence-electron chi connectivity index (χ3n) is 2.20. The maximum absolute atomic E-state index is 5.12. The molecule has 0 aliphatic rings. The molecule has 0 fully saturated rings. The largest absolute Gasteiger partial charge is 0.497 e. The number of aromatic nitrogens is 1. The number of rotatable bonds is 3. The summed E-state index contributed by atoms with van der Waals surface area (Å²) in [4.78, 5) is 8.81. The van der Waals surface area contributed by atoms with Crippen molar-refractivity contribution in [2.45, 2.75) is 13.8 Å². The Labute approximate surface area is 105 Å². The molecule has 0 bridgehead atoms. The number of benzene rings is 1.